The summed E-state index contributed by atoms with van der Waals surface area (Å²) >= 11 is 8.40. The fraction of sp³-hybridized carbons (Fsp3) is 0. The van der Waals surface area contributed by atoms with Crippen LogP contribution >= 0.6 is 43.2 Å². The van der Waals surface area contributed by atoms with E-state index in [0.717, 1.165) is 13.1 Å². The van der Waals surface area contributed by atoms with Crippen molar-refractivity contribution in [3.63, 3.8) is 0 Å². The van der Waals surface area contributed by atoms with Gasteiger partial charge in [-0.15, -0.1) is 11.3 Å². The summed E-state index contributed by atoms with van der Waals surface area (Å²) in [6.07, 6.45) is 1.67. The molecule has 15 heavy (non-hydrogen) atoms. The van der Waals surface area contributed by atoms with Gasteiger partial charge in [0.15, 0.2) is 5.82 Å². The zero-order chi connectivity index (χ0) is 10.8. The highest BCUT2D eigenvalue weighted by Gasteiger charge is 2.08. The van der Waals surface area contributed by atoms with Gasteiger partial charge in [-0.05, 0) is 37.9 Å². The number of hydrogen-bond acceptors (Lipinski definition) is 5. The van der Waals surface area contributed by atoms with Crippen molar-refractivity contribution >= 4 is 49.0 Å². The molecule has 2 aromatic rings. The summed E-state index contributed by atoms with van der Waals surface area (Å²) < 4.78 is 2.02. The Morgan fingerprint density at radius 1 is 1.40 bits per heavy atom. The maximum Gasteiger partial charge on any atom is 0.171 e. The van der Waals surface area contributed by atoms with Crippen LogP contribution in [0.15, 0.2) is 26.6 Å². The summed E-state index contributed by atoms with van der Waals surface area (Å²) in [7, 11) is 0. The van der Waals surface area contributed by atoms with Gasteiger partial charge < -0.3 is 5.43 Å². The van der Waals surface area contributed by atoms with Gasteiger partial charge in [-0.1, -0.05) is 0 Å². The van der Waals surface area contributed by atoms with Crippen molar-refractivity contribution in [2.45, 2.75) is 0 Å². The molecule has 4 nitrogen and oxygen atoms in total. The smallest absolute Gasteiger partial charge is 0.171 e. The van der Waals surface area contributed by atoms with Crippen LogP contribution in [0.5, 0.6) is 0 Å². The number of nitrogen functional groups attached to an aromatic ring is 1. The van der Waals surface area contributed by atoms with Gasteiger partial charge in [0, 0.05) is 16.7 Å². The highest BCUT2D eigenvalue weighted by molar-refractivity contribution is 9.13. The normalized spacial score (nSPS) is 10.3. The van der Waals surface area contributed by atoms with Crippen LogP contribution in [0.25, 0.3) is 10.7 Å². The Labute approximate surface area is 107 Å². The molecule has 78 valence electrons. The molecule has 2 rings (SSSR count). The highest BCUT2D eigenvalue weighted by Crippen LogP contribution is 2.36. The van der Waals surface area contributed by atoms with Crippen molar-refractivity contribution < 1.29 is 0 Å². The minimum absolute atomic E-state index is 0.598. The third-order valence-corrected chi connectivity index (χ3v) is 4.92. The molecule has 3 N–H and O–H groups in total. The largest absolute Gasteiger partial charge is 0.308 e. The Morgan fingerprint density at radius 3 is 2.80 bits per heavy atom. The summed E-state index contributed by atoms with van der Waals surface area (Å²) in [6, 6.07) is 3.67. The first-order valence-electron chi connectivity index (χ1n) is 3.95. The molecule has 0 bridgehead atoms. The van der Waals surface area contributed by atoms with Crippen LogP contribution < -0.4 is 11.3 Å². The molecule has 0 atom stereocenters. The van der Waals surface area contributed by atoms with Crippen molar-refractivity contribution in [2.75, 3.05) is 5.43 Å². The van der Waals surface area contributed by atoms with E-state index < -0.39 is 0 Å². The van der Waals surface area contributed by atoms with Crippen LogP contribution in [0.2, 0.25) is 0 Å². The van der Waals surface area contributed by atoms with Gasteiger partial charge in [0.1, 0.15) is 5.82 Å². The minimum Gasteiger partial charge on any atom is -0.308 e. The van der Waals surface area contributed by atoms with E-state index in [0.29, 0.717) is 11.6 Å². The molecule has 0 fully saturated rings. The van der Waals surface area contributed by atoms with Crippen molar-refractivity contribution in [1.82, 2.24) is 9.97 Å². The SMILES string of the molecule is NNc1ccnc(-c2cc(Br)c(Br)s2)n1. The number of rotatable bonds is 2. The van der Waals surface area contributed by atoms with Crippen molar-refractivity contribution in [3.05, 3.63) is 26.6 Å². The summed E-state index contributed by atoms with van der Waals surface area (Å²) in [6.45, 7) is 0. The number of nitrogens with one attached hydrogen (secondary N) is 1. The van der Waals surface area contributed by atoms with E-state index in [9.17, 15) is 0 Å². The maximum absolute atomic E-state index is 5.28. The molecule has 0 spiro atoms. The van der Waals surface area contributed by atoms with E-state index in [1.807, 2.05) is 6.07 Å². The van der Waals surface area contributed by atoms with Crippen molar-refractivity contribution in [2.24, 2.45) is 5.84 Å². The predicted octanol–water partition coefficient (Wildman–Crippen LogP) is 3.02. The fourth-order valence-corrected chi connectivity index (χ4v) is 2.99. The van der Waals surface area contributed by atoms with Crippen LogP contribution in [0.1, 0.15) is 0 Å². The summed E-state index contributed by atoms with van der Waals surface area (Å²) in [4.78, 5) is 9.39. The standard InChI is InChI=1S/C8H6Br2N4S/c9-4-3-5(15-7(4)10)8-12-2-1-6(13-8)14-11/h1-3H,11H2,(H,12,13,14). The maximum atomic E-state index is 5.28. The average Bonchev–Trinajstić information content (AvgIpc) is 2.59. The number of nitrogens with zero attached hydrogens (tertiary/aromatic N) is 2. The third-order valence-electron chi connectivity index (χ3n) is 1.67. The highest BCUT2D eigenvalue weighted by atomic mass is 79.9. The third kappa shape index (κ3) is 2.36. The Kier molecular flexibility index (Phi) is 3.35. The molecule has 0 unspecified atom stereocenters. The number of thiophene rings is 1. The summed E-state index contributed by atoms with van der Waals surface area (Å²) in [5, 5.41) is 0. The summed E-state index contributed by atoms with van der Waals surface area (Å²) in [5.41, 5.74) is 2.49. The van der Waals surface area contributed by atoms with Gasteiger partial charge in [-0.3, -0.25) is 0 Å². The van der Waals surface area contributed by atoms with E-state index >= 15 is 0 Å². The second-order valence-corrected chi connectivity index (χ2v) is 5.87. The number of hydrazine groups is 1. The lowest BCUT2D eigenvalue weighted by Crippen LogP contribution is -2.08. The molecule has 7 heteroatoms. The van der Waals surface area contributed by atoms with Gasteiger partial charge in [0.05, 0.1) is 8.66 Å². The Morgan fingerprint density at radius 2 is 2.20 bits per heavy atom. The quantitative estimate of drug-likeness (QED) is 0.646. The number of aromatic nitrogens is 2. The van der Waals surface area contributed by atoms with Gasteiger partial charge in [0.25, 0.3) is 0 Å². The lowest BCUT2D eigenvalue weighted by atomic mass is 10.4. The molecule has 0 saturated carbocycles. The predicted molar refractivity (Wildman–Crippen MR) is 68.6 cm³/mol. The van der Waals surface area contributed by atoms with E-state index in [1.54, 1.807) is 23.6 Å². The Balaban J connectivity index is 2.44. The first-order valence-corrected chi connectivity index (χ1v) is 6.36. The van der Waals surface area contributed by atoms with Gasteiger partial charge >= 0.3 is 0 Å². The molecule has 0 aliphatic heterocycles. The number of nitrogens with two attached hydrogens (primary N) is 1. The van der Waals surface area contributed by atoms with Crippen LogP contribution in [0.3, 0.4) is 0 Å². The van der Waals surface area contributed by atoms with E-state index in [4.69, 9.17) is 5.84 Å². The fourth-order valence-electron chi connectivity index (χ4n) is 1.01. The Hall–Kier alpha value is -0.500. The lowest BCUT2D eigenvalue weighted by molar-refractivity contribution is 1.15. The molecule has 0 saturated heterocycles. The van der Waals surface area contributed by atoms with E-state index in [-0.39, 0.29) is 0 Å². The molecule has 0 aromatic carbocycles. The van der Waals surface area contributed by atoms with E-state index in [1.165, 1.54) is 0 Å². The van der Waals surface area contributed by atoms with Crippen LogP contribution in [0.4, 0.5) is 5.82 Å². The molecule has 0 aliphatic carbocycles. The second kappa shape index (κ2) is 4.56. The molecular formula is C8H6Br2N4S. The van der Waals surface area contributed by atoms with Gasteiger partial charge in [0.2, 0.25) is 0 Å². The lowest BCUT2D eigenvalue weighted by Gasteiger charge is -1.99. The first-order chi connectivity index (χ1) is 7.20. The van der Waals surface area contributed by atoms with Crippen LogP contribution in [0, 0.1) is 0 Å². The van der Waals surface area contributed by atoms with E-state index in [2.05, 4.69) is 47.3 Å². The number of anilines is 1. The zero-order valence-electron chi connectivity index (χ0n) is 7.37. The summed E-state index contributed by atoms with van der Waals surface area (Å²) in [5.74, 6) is 6.53. The van der Waals surface area contributed by atoms with Crippen molar-refractivity contribution in [3.8, 4) is 10.7 Å². The molecule has 0 radical (unpaired) electrons. The first kappa shape index (κ1) is 11.0. The van der Waals surface area contributed by atoms with Gasteiger partial charge in [-0.2, -0.15) is 0 Å². The second-order valence-electron chi connectivity index (χ2n) is 2.64. The van der Waals surface area contributed by atoms with Crippen LogP contribution in [-0.4, -0.2) is 9.97 Å². The topological polar surface area (TPSA) is 63.8 Å². The molecule has 2 heterocycles. The molecule has 0 aliphatic rings. The zero-order valence-corrected chi connectivity index (χ0v) is 11.4. The monoisotopic (exact) mass is 348 g/mol. The average molecular weight is 350 g/mol. The number of halogens is 2. The molecular weight excluding hydrogens is 344 g/mol. The molecule has 0 amide bonds. The Bertz CT molecular complexity index is 466. The van der Waals surface area contributed by atoms with Crippen molar-refractivity contribution in [1.29, 1.82) is 0 Å². The molecule has 2 aromatic heterocycles. The number of hydrogen-bond donors (Lipinski definition) is 2. The van der Waals surface area contributed by atoms with Gasteiger partial charge in [-0.25, -0.2) is 15.8 Å². The van der Waals surface area contributed by atoms with Crippen LogP contribution in [-0.2, 0) is 0 Å². The minimum atomic E-state index is 0.598.